The van der Waals surface area contributed by atoms with Crippen LogP contribution in [0.25, 0.3) is 0 Å². The van der Waals surface area contributed by atoms with Gasteiger partial charge in [-0.25, -0.2) is 0 Å². The van der Waals surface area contributed by atoms with Crippen molar-refractivity contribution in [2.75, 3.05) is 6.54 Å². The molecule has 1 atom stereocenters. The van der Waals surface area contributed by atoms with Crippen molar-refractivity contribution < 1.29 is 0 Å². The van der Waals surface area contributed by atoms with Gasteiger partial charge in [-0.15, -0.1) is 0 Å². The highest BCUT2D eigenvalue weighted by Gasteiger charge is 2.31. The lowest BCUT2D eigenvalue weighted by atomic mass is 9.89. The number of hydrogen-bond acceptors (Lipinski definition) is 2. The van der Waals surface area contributed by atoms with Gasteiger partial charge in [0.1, 0.15) is 0 Å². The van der Waals surface area contributed by atoms with E-state index in [-0.39, 0.29) is 0 Å². The van der Waals surface area contributed by atoms with Gasteiger partial charge in [0.05, 0.1) is 11.7 Å². The fourth-order valence-corrected chi connectivity index (χ4v) is 3.59. The molecular weight excluding hydrogens is 210 g/mol. The molecule has 17 heavy (non-hydrogen) atoms. The molecule has 1 saturated carbocycles. The van der Waals surface area contributed by atoms with Crippen molar-refractivity contribution in [2.45, 2.75) is 63.5 Å². The normalized spacial score (nSPS) is 28.4. The largest absolute Gasteiger partial charge is 0.292 e. The summed E-state index contributed by atoms with van der Waals surface area (Å²) in [7, 11) is 0. The topological polar surface area (TPSA) is 31.9 Å². The third-order valence-corrected chi connectivity index (χ3v) is 4.47. The number of likely N-dealkylation sites (tertiary alicyclic amines) is 1. The van der Waals surface area contributed by atoms with Gasteiger partial charge in [-0.05, 0) is 38.3 Å². The number of aromatic nitrogens is 2. The molecule has 2 heterocycles. The number of H-pyrrole nitrogens is 1. The van der Waals surface area contributed by atoms with Crippen molar-refractivity contribution >= 4 is 0 Å². The zero-order valence-electron chi connectivity index (χ0n) is 10.6. The van der Waals surface area contributed by atoms with Crippen molar-refractivity contribution in [1.29, 1.82) is 0 Å². The second-order valence-corrected chi connectivity index (χ2v) is 5.55. The number of nitrogens with zero attached hydrogens (tertiary/aromatic N) is 2. The van der Waals surface area contributed by atoms with Crippen LogP contribution in [0.2, 0.25) is 0 Å². The molecule has 1 aliphatic heterocycles. The SMILES string of the molecule is c1cc([C@@H]2CCCCN2C2CCCCC2)[nH]n1. The fourth-order valence-electron chi connectivity index (χ4n) is 3.59. The smallest absolute Gasteiger partial charge is 0.0523 e. The van der Waals surface area contributed by atoms with Crippen LogP contribution >= 0.6 is 0 Å². The van der Waals surface area contributed by atoms with E-state index in [9.17, 15) is 0 Å². The van der Waals surface area contributed by atoms with E-state index in [1.165, 1.54) is 63.6 Å². The van der Waals surface area contributed by atoms with E-state index in [2.05, 4.69) is 21.2 Å². The summed E-state index contributed by atoms with van der Waals surface area (Å²) in [6.07, 6.45) is 13.1. The summed E-state index contributed by atoms with van der Waals surface area (Å²) in [6.45, 7) is 1.29. The van der Waals surface area contributed by atoms with Crippen LogP contribution in [0.5, 0.6) is 0 Å². The maximum atomic E-state index is 4.13. The highest BCUT2D eigenvalue weighted by molar-refractivity contribution is 5.07. The van der Waals surface area contributed by atoms with Crippen molar-refractivity contribution in [3.63, 3.8) is 0 Å². The summed E-state index contributed by atoms with van der Waals surface area (Å²) >= 11 is 0. The second-order valence-electron chi connectivity index (χ2n) is 5.55. The Morgan fingerprint density at radius 3 is 2.65 bits per heavy atom. The number of aromatic amines is 1. The standard InChI is InChI=1S/C14H23N3/c1-2-6-12(7-3-1)17-11-5-4-8-14(17)13-9-10-15-16-13/h9-10,12,14H,1-8,11H2,(H,15,16)/t14-/m0/s1. The van der Waals surface area contributed by atoms with Crippen molar-refractivity contribution in [2.24, 2.45) is 0 Å². The van der Waals surface area contributed by atoms with Crippen LogP contribution in [0.15, 0.2) is 12.3 Å². The monoisotopic (exact) mass is 233 g/mol. The molecule has 0 spiro atoms. The average Bonchev–Trinajstić information content (AvgIpc) is 2.94. The maximum Gasteiger partial charge on any atom is 0.0523 e. The molecule has 94 valence electrons. The van der Waals surface area contributed by atoms with Gasteiger partial charge in [0.25, 0.3) is 0 Å². The van der Waals surface area contributed by atoms with Gasteiger partial charge in [0, 0.05) is 12.2 Å². The van der Waals surface area contributed by atoms with Crippen LogP contribution in [-0.2, 0) is 0 Å². The van der Waals surface area contributed by atoms with Gasteiger partial charge in [-0.2, -0.15) is 5.10 Å². The average molecular weight is 233 g/mol. The Morgan fingerprint density at radius 2 is 1.88 bits per heavy atom. The van der Waals surface area contributed by atoms with Gasteiger partial charge >= 0.3 is 0 Å². The number of rotatable bonds is 2. The summed E-state index contributed by atoms with van der Waals surface area (Å²) in [5, 5.41) is 7.31. The quantitative estimate of drug-likeness (QED) is 0.850. The zero-order valence-corrected chi connectivity index (χ0v) is 10.6. The third-order valence-electron chi connectivity index (χ3n) is 4.47. The van der Waals surface area contributed by atoms with Crippen LogP contribution in [0.1, 0.15) is 63.1 Å². The van der Waals surface area contributed by atoms with Crippen molar-refractivity contribution in [3.05, 3.63) is 18.0 Å². The van der Waals surface area contributed by atoms with Crippen LogP contribution in [-0.4, -0.2) is 27.7 Å². The Morgan fingerprint density at radius 1 is 1.06 bits per heavy atom. The van der Waals surface area contributed by atoms with Gasteiger partial charge in [0.15, 0.2) is 0 Å². The first-order valence-electron chi connectivity index (χ1n) is 7.20. The molecule has 1 aliphatic carbocycles. The molecule has 2 fully saturated rings. The first-order valence-corrected chi connectivity index (χ1v) is 7.20. The zero-order chi connectivity index (χ0) is 11.5. The van der Waals surface area contributed by atoms with Gasteiger partial charge in [0.2, 0.25) is 0 Å². The van der Waals surface area contributed by atoms with Gasteiger partial charge in [-0.1, -0.05) is 25.7 Å². The van der Waals surface area contributed by atoms with E-state index in [4.69, 9.17) is 0 Å². The van der Waals surface area contributed by atoms with Crippen molar-refractivity contribution in [1.82, 2.24) is 15.1 Å². The molecule has 1 saturated heterocycles. The van der Waals surface area contributed by atoms with Crippen LogP contribution in [0, 0.1) is 0 Å². The summed E-state index contributed by atoms with van der Waals surface area (Å²) in [5.41, 5.74) is 1.33. The summed E-state index contributed by atoms with van der Waals surface area (Å²) in [5.74, 6) is 0. The lowest BCUT2D eigenvalue weighted by Crippen LogP contribution is -2.42. The molecule has 3 heteroatoms. The molecule has 3 rings (SSSR count). The van der Waals surface area contributed by atoms with E-state index in [1.807, 2.05) is 6.20 Å². The summed E-state index contributed by atoms with van der Waals surface area (Å²) < 4.78 is 0. The van der Waals surface area contributed by atoms with Gasteiger partial charge < -0.3 is 0 Å². The highest BCUT2D eigenvalue weighted by atomic mass is 15.2. The molecule has 1 aromatic rings. The Balaban J connectivity index is 1.75. The van der Waals surface area contributed by atoms with Crippen LogP contribution in [0.3, 0.4) is 0 Å². The molecule has 0 radical (unpaired) electrons. The van der Waals surface area contributed by atoms with E-state index >= 15 is 0 Å². The third kappa shape index (κ3) is 2.39. The predicted octanol–water partition coefficient (Wildman–Crippen LogP) is 3.27. The number of piperidine rings is 1. The van der Waals surface area contributed by atoms with E-state index < -0.39 is 0 Å². The number of nitrogens with one attached hydrogen (secondary N) is 1. The first-order chi connectivity index (χ1) is 8.45. The van der Waals surface area contributed by atoms with E-state index in [0.717, 1.165) is 6.04 Å². The second kappa shape index (κ2) is 5.21. The Hall–Kier alpha value is -0.830. The summed E-state index contributed by atoms with van der Waals surface area (Å²) in [6, 6.07) is 3.60. The first kappa shape index (κ1) is 11.3. The Bertz CT molecular complexity index is 327. The molecule has 0 unspecified atom stereocenters. The van der Waals surface area contributed by atoms with Crippen LogP contribution < -0.4 is 0 Å². The maximum absolute atomic E-state index is 4.13. The molecule has 0 amide bonds. The molecular formula is C14H23N3. The highest BCUT2D eigenvalue weighted by Crippen LogP contribution is 2.35. The molecule has 2 aliphatic rings. The molecule has 0 aromatic carbocycles. The minimum atomic E-state index is 0.606. The Kier molecular flexibility index (Phi) is 3.46. The van der Waals surface area contributed by atoms with Crippen molar-refractivity contribution in [3.8, 4) is 0 Å². The minimum Gasteiger partial charge on any atom is -0.292 e. The summed E-state index contributed by atoms with van der Waals surface area (Å²) in [4.78, 5) is 2.76. The molecule has 0 bridgehead atoms. The van der Waals surface area contributed by atoms with Crippen LogP contribution in [0.4, 0.5) is 0 Å². The lowest BCUT2D eigenvalue weighted by molar-refractivity contribution is 0.0700. The minimum absolute atomic E-state index is 0.606. The molecule has 1 N–H and O–H groups in total. The van der Waals surface area contributed by atoms with E-state index in [0.29, 0.717) is 6.04 Å². The fraction of sp³-hybridized carbons (Fsp3) is 0.786. The Labute approximate surface area is 104 Å². The predicted molar refractivity (Wildman–Crippen MR) is 68.8 cm³/mol. The van der Waals surface area contributed by atoms with Gasteiger partial charge in [-0.3, -0.25) is 10.00 Å². The molecule has 3 nitrogen and oxygen atoms in total. The lowest BCUT2D eigenvalue weighted by Gasteiger charge is -2.42. The number of hydrogen-bond donors (Lipinski definition) is 1. The van der Waals surface area contributed by atoms with E-state index in [1.54, 1.807) is 0 Å². The molecule has 1 aromatic heterocycles.